The summed E-state index contributed by atoms with van der Waals surface area (Å²) in [5, 5.41) is 13.6. The highest BCUT2D eigenvalue weighted by molar-refractivity contribution is 5.86. The summed E-state index contributed by atoms with van der Waals surface area (Å²) in [6, 6.07) is 17.8. The van der Waals surface area contributed by atoms with Gasteiger partial charge in [-0.1, -0.05) is 36.4 Å². The van der Waals surface area contributed by atoms with Crippen molar-refractivity contribution in [2.75, 3.05) is 0 Å². The minimum atomic E-state index is -0.875. The van der Waals surface area contributed by atoms with E-state index in [1.807, 2.05) is 54.6 Å². The van der Waals surface area contributed by atoms with Gasteiger partial charge in [0, 0.05) is 31.1 Å². The second-order valence-corrected chi connectivity index (χ2v) is 9.93. The Labute approximate surface area is 215 Å². The molecule has 0 saturated carbocycles. The van der Waals surface area contributed by atoms with Crippen LogP contribution in [0.15, 0.2) is 83.7 Å². The number of alkyl carbamates (subject to hydrolysis) is 1. The normalized spacial score (nSPS) is 12.2. The summed E-state index contributed by atoms with van der Waals surface area (Å²) in [5.41, 5.74) is 2.50. The monoisotopic (exact) mass is 501 g/mol. The fourth-order valence-corrected chi connectivity index (χ4v) is 4.05. The van der Waals surface area contributed by atoms with Crippen molar-refractivity contribution in [3.05, 3.63) is 96.0 Å². The lowest BCUT2D eigenvalue weighted by Gasteiger charge is -2.29. The largest absolute Gasteiger partial charge is 0.506 e. The van der Waals surface area contributed by atoms with Gasteiger partial charge in [-0.05, 0) is 61.7 Å². The first-order valence-corrected chi connectivity index (χ1v) is 12.1. The fourth-order valence-electron chi connectivity index (χ4n) is 4.05. The molecule has 1 atom stereocenters. The molecule has 0 aliphatic heterocycles. The molecule has 192 valence electrons. The molecular weight excluding hydrogens is 470 g/mol. The van der Waals surface area contributed by atoms with Crippen LogP contribution < -0.4 is 5.32 Å². The first kappa shape index (κ1) is 25.8. The van der Waals surface area contributed by atoms with Crippen LogP contribution in [0.1, 0.15) is 37.5 Å². The number of carbonyl (C=O) groups is 2. The van der Waals surface area contributed by atoms with E-state index in [1.54, 1.807) is 44.2 Å². The average molecular weight is 502 g/mol. The van der Waals surface area contributed by atoms with Crippen molar-refractivity contribution in [2.45, 2.75) is 51.9 Å². The Balaban J connectivity index is 1.64. The zero-order chi connectivity index (χ0) is 26.4. The van der Waals surface area contributed by atoms with Crippen LogP contribution in [0.25, 0.3) is 11.0 Å². The van der Waals surface area contributed by atoms with Crippen molar-refractivity contribution in [1.82, 2.24) is 15.2 Å². The molecule has 0 unspecified atom stereocenters. The molecule has 2 heterocycles. The highest BCUT2D eigenvalue weighted by Gasteiger charge is 2.29. The fraction of sp³-hybridized carbons (Fsp3) is 0.276. The number of rotatable bonds is 8. The lowest BCUT2D eigenvalue weighted by Crippen LogP contribution is -2.50. The number of nitrogens with zero attached hydrogens (tertiary/aromatic N) is 2. The summed E-state index contributed by atoms with van der Waals surface area (Å²) in [6.07, 6.45) is 4.18. The molecule has 37 heavy (non-hydrogen) atoms. The quantitative estimate of drug-likeness (QED) is 0.344. The first-order chi connectivity index (χ1) is 17.7. The SMILES string of the molecule is CC(C)(C)OC(=O)N[C@@H](Cc1ccccc1)C(=O)N(Cc1cncc(O)c1)Cc1ccc2occc2c1. The number of amides is 2. The molecule has 4 aromatic rings. The Morgan fingerprint density at radius 1 is 1.00 bits per heavy atom. The van der Waals surface area contributed by atoms with Crippen LogP contribution in [0, 0.1) is 0 Å². The molecule has 0 fully saturated rings. The van der Waals surface area contributed by atoms with Gasteiger partial charge >= 0.3 is 6.09 Å². The van der Waals surface area contributed by atoms with E-state index in [1.165, 1.54) is 6.20 Å². The summed E-state index contributed by atoms with van der Waals surface area (Å²) in [5.74, 6) is -0.275. The first-order valence-electron chi connectivity index (χ1n) is 12.1. The van der Waals surface area contributed by atoms with E-state index in [9.17, 15) is 14.7 Å². The number of hydrogen-bond acceptors (Lipinski definition) is 6. The van der Waals surface area contributed by atoms with E-state index >= 15 is 0 Å². The van der Waals surface area contributed by atoms with Gasteiger partial charge in [-0.25, -0.2) is 4.79 Å². The van der Waals surface area contributed by atoms with Crippen molar-refractivity contribution >= 4 is 23.0 Å². The standard InChI is InChI=1S/C29H31N3O5/c1-29(2,3)37-28(35)31-25(15-20-7-5-4-6-8-20)27(34)32(19-22-14-24(33)17-30-16-22)18-21-9-10-26-23(13-21)11-12-36-26/h4-14,16-17,25,33H,15,18-19H2,1-3H3,(H,31,35)/t25-/m0/s1. The second-order valence-electron chi connectivity index (χ2n) is 9.93. The number of fused-ring (bicyclic) bond motifs is 1. The van der Waals surface area contributed by atoms with Crippen molar-refractivity contribution in [2.24, 2.45) is 0 Å². The number of ether oxygens (including phenoxy) is 1. The smallest absolute Gasteiger partial charge is 0.408 e. The molecule has 8 nitrogen and oxygen atoms in total. The third-order valence-corrected chi connectivity index (χ3v) is 5.63. The van der Waals surface area contributed by atoms with E-state index in [0.717, 1.165) is 22.1 Å². The Morgan fingerprint density at radius 2 is 1.76 bits per heavy atom. The number of nitrogens with one attached hydrogen (secondary N) is 1. The highest BCUT2D eigenvalue weighted by atomic mass is 16.6. The summed E-state index contributed by atoms with van der Waals surface area (Å²) in [6.45, 7) is 5.78. The van der Waals surface area contributed by atoms with Gasteiger partial charge < -0.3 is 24.5 Å². The Bertz CT molecular complexity index is 1360. The predicted octanol–water partition coefficient (Wildman–Crippen LogP) is 5.20. The van der Waals surface area contributed by atoms with Crippen LogP contribution in [-0.4, -0.2) is 38.6 Å². The van der Waals surface area contributed by atoms with Gasteiger partial charge in [0.25, 0.3) is 0 Å². The van der Waals surface area contributed by atoms with Gasteiger partial charge in [0.15, 0.2) is 0 Å². The number of aromatic hydroxyl groups is 1. The summed E-state index contributed by atoms with van der Waals surface area (Å²) < 4.78 is 10.9. The maximum Gasteiger partial charge on any atom is 0.408 e. The molecule has 2 aromatic heterocycles. The maximum atomic E-state index is 14.0. The van der Waals surface area contributed by atoms with Crippen LogP contribution in [-0.2, 0) is 29.0 Å². The average Bonchev–Trinajstić information content (AvgIpc) is 3.30. The van der Waals surface area contributed by atoms with Crippen LogP contribution in [0.3, 0.4) is 0 Å². The van der Waals surface area contributed by atoms with Crippen molar-refractivity contribution in [3.8, 4) is 5.75 Å². The maximum absolute atomic E-state index is 14.0. The predicted molar refractivity (Wildman–Crippen MR) is 140 cm³/mol. The number of carbonyl (C=O) groups excluding carboxylic acids is 2. The molecule has 2 N–H and O–H groups in total. The third-order valence-electron chi connectivity index (χ3n) is 5.63. The zero-order valence-electron chi connectivity index (χ0n) is 21.2. The topological polar surface area (TPSA) is 105 Å². The summed E-state index contributed by atoms with van der Waals surface area (Å²) in [4.78, 5) is 32.4. The Kier molecular flexibility index (Phi) is 7.77. The Hall–Kier alpha value is -4.33. The van der Waals surface area contributed by atoms with E-state index < -0.39 is 17.7 Å². The van der Waals surface area contributed by atoms with Gasteiger partial charge in [-0.3, -0.25) is 9.78 Å². The highest BCUT2D eigenvalue weighted by Crippen LogP contribution is 2.21. The molecule has 0 spiro atoms. The van der Waals surface area contributed by atoms with Crippen LogP contribution in [0.2, 0.25) is 0 Å². The van der Waals surface area contributed by atoms with Crippen molar-refractivity contribution in [3.63, 3.8) is 0 Å². The van der Waals surface area contributed by atoms with Gasteiger partial charge in [-0.2, -0.15) is 0 Å². The van der Waals surface area contributed by atoms with Crippen LogP contribution in [0.4, 0.5) is 4.79 Å². The molecule has 2 aromatic carbocycles. The minimum Gasteiger partial charge on any atom is -0.506 e. The molecule has 4 rings (SSSR count). The molecule has 8 heteroatoms. The Morgan fingerprint density at radius 3 is 2.49 bits per heavy atom. The van der Waals surface area contributed by atoms with E-state index in [4.69, 9.17) is 9.15 Å². The van der Waals surface area contributed by atoms with Crippen molar-refractivity contribution in [1.29, 1.82) is 0 Å². The minimum absolute atomic E-state index is 0.0115. The third kappa shape index (κ3) is 7.33. The number of hydrogen-bond donors (Lipinski definition) is 2. The molecular formula is C29H31N3O5. The molecule has 0 aliphatic rings. The van der Waals surface area contributed by atoms with Crippen LogP contribution in [0.5, 0.6) is 5.75 Å². The van der Waals surface area contributed by atoms with E-state index in [0.29, 0.717) is 5.56 Å². The van der Waals surface area contributed by atoms with E-state index in [-0.39, 0.29) is 31.2 Å². The molecule has 0 radical (unpaired) electrons. The van der Waals surface area contributed by atoms with Gasteiger partial charge in [0.1, 0.15) is 23.0 Å². The molecule has 0 aliphatic carbocycles. The van der Waals surface area contributed by atoms with Gasteiger partial charge in [0.05, 0.1) is 12.5 Å². The van der Waals surface area contributed by atoms with Gasteiger partial charge in [0.2, 0.25) is 5.91 Å². The number of aromatic nitrogens is 1. The zero-order valence-corrected chi connectivity index (χ0v) is 21.2. The molecule has 0 saturated heterocycles. The number of furan rings is 1. The second kappa shape index (κ2) is 11.2. The summed E-state index contributed by atoms with van der Waals surface area (Å²) >= 11 is 0. The van der Waals surface area contributed by atoms with Gasteiger partial charge in [-0.15, -0.1) is 0 Å². The number of pyridine rings is 1. The molecule has 2 amide bonds. The summed E-state index contributed by atoms with van der Waals surface area (Å²) in [7, 11) is 0. The van der Waals surface area contributed by atoms with Crippen molar-refractivity contribution < 1.29 is 23.8 Å². The lowest BCUT2D eigenvalue weighted by molar-refractivity contribution is -0.134. The van der Waals surface area contributed by atoms with E-state index in [2.05, 4.69) is 10.3 Å². The number of benzene rings is 2. The molecule has 0 bridgehead atoms. The van der Waals surface area contributed by atoms with Crippen LogP contribution >= 0.6 is 0 Å². The lowest BCUT2D eigenvalue weighted by atomic mass is 10.0.